The van der Waals surface area contributed by atoms with E-state index < -0.39 is 5.95 Å². The molecule has 0 fully saturated rings. The van der Waals surface area contributed by atoms with Gasteiger partial charge in [-0.2, -0.15) is 4.39 Å². The summed E-state index contributed by atoms with van der Waals surface area (Å²) in [5, 5.41) is 0. The van der Waals surface area contributed by atoms with Crippen LogP contribution < -0.4 is 5.73 Å². The van der Waals surface area contributed by atoms with Gasteiger partial charge >= 0.3 is 0 Å². The Bertz CT molecular complexity index is 320. The maximum atomic E-state index is 12.9. The molecule has 0 aliphatic heterocycles. The molecule has 0 aliphatic rings. The summed E-state index contributed by atoms with van der Waals surface area (Å²) in [6, 6.07) is 1.64. The second-order valence-electron chi connectivity index (χ2n) is 2.75. The van der Waals surface area contributed by atoms with Crippen LogP contribution in [0.3, 0.4) is 0 Å². The normalized spacial score (nSPS) is 10.5. The number of halogens is 2. The van der Waals surface area contributed by atoms with Gasteiger partial charge in [-0.3, -0.25) is 0 Å². The summed E-state index contributed by atoms with van der Waals surface area (Å²) >= 11 is 3.06. The maximum Gasteiger partial charge on any atom is 0.229 e. The van der Waals surface area contributed by atoms with Gasteiger partial charge in [0, 0.05) is 6.61 Å². The summed E-state index contributed by atoms with van der Waals surface area (Å²) in [5.41, 5.74) is 6.34. The quantitative estimate of drug-likeness (QED) is 0.668. The van der Waals surface area contributed by atoms with E-state index in [0.29, 0.717) is 24.1 Å². The van der Waals surface area contributed by atoms with Crippen LogP contribution in [0.15, 0.2) is 10.5 Å². The van der Waals surface area contributed by atoms with Gasteiger partial charge < -0.3 is 10.5 Å². The molecule has 0 aromatic carbocycles. The van der Waals surface area contributed by atoms with Crippen molar-refractivity contribution >= 4 is 21.7 Å². The summed E-state index contributed by atoms with van der Waals surface area (Å²) in [7, 11) is 0. The Kier molecular flexibility index (Phi) is 4.28. The first-order valence-corrected chi connectivity index (χ1v) is 5.12. The van der Waals surface area contributed by atoms with Crippen molar-refractivity contribution in [3.8, 4) is 0 Å². The van der Waals surface area contributed by atoms with E-state index >= 15 is 0 Å². The van der Waals surface area contributed by atoms with Crippen LogP contribution in [0.25, 0.3) is 0 Å². The molecule has 1 heterocycles. The molecule has 0 radical (unpaired) electrons. The molecule has 0 unspecified atom stereocenters. The topological polar surface area (TPSA) is 48.1 Å². The number of hydrogen-bond donors (Lipinski definition) is 1. The number of nitrogens with two attached hydrogens (primary N) is 1. The Morgan fingerprint density at radius 3 is 3.00 bits per heavy atom. The third-order valence-corrected chi connectivity index (χ3v) is 2.32. The molecule has 2 N–H and O–H groups in total. The first-order chi connectivity index (χ1) is 6.65. The van der Waals surface area contributed by atoms with E-state index in [4.69, 9.17) is 10.5 Å². The number of anilines is 1. The molecule has 1 aromatic heterocycles. The largest absolute Gasteiger partial charge is 0.383 e. The van der Waals surface area contributed by atoms with Crippen molar-refractivity contribution in [2.24, 2.45) is 0 Å². The zero-order valence-electron chi connectivity index (χ0n) is 7.89. The average molecular weight is 263 g/mol. The summed E-state index contributed by atoms with van der Waals surface area (Å²) in [4.78, 5) is 3.56. The summed E-state index contributed by atoms with van der Waals surface area (Å²) < 4.78 is 18.4. The zero-order valence-corrected chi connectivity index (χ0v) is 9.47. The number of nitrogen functional groups attached to an aromatic ring is 1. The van der Waals surface area contributed by atoms with Crippen molar-refractivity contribution in [1.82, 2.24) is 4.98 Å². The fourth-order valence-corrected chi connectivity index (χ4v) is 1.41. The molecule has 0 bridgehead atoms. The van der Waals surface area contributed by atoms with Gasteiger partial charge in [-0.25, -0.2) is 4.98 Å². The predicted molar refractivity (Wildman–Crippen MR) is 56.5 cm³/mol. The van der Waals surface area contributed by atoms with Crippen LogP contribution >= 0.6 is 15.9 Å². The molecule has 14 heavy (non-hydrogen) atoms. The number of hydrogen-bond acceptors (Lipinski definition) is 3. The number of ether oxygens (including phenoxy) is 1. The van der Waals surface area contributed by atoms with Crippen molar-refractivity contribution < 1.29 is 9.13 Å². The molecule has 0 saturated carbocycles. The lowest BCUT2D eigenvalue weighted by atomic mass is 10.2. The molecule has 0 aliphatic carbocycles. The fourth-order valence-electron chi connectivity index (χ4n) is 1.04. The summed E-state index contributed by atoms with van der Waals surface area (Å²) in [5.74, 6) is -0.354. The Labute approximate surface area is 90.6 Å². The van der Waals surface area contributed by atoms with Gasteiger partial charge in [-0.05, 0) is 40.9 Å². The van der Waals surface area contributed by atoms with Crippen LogP contribution in [0.5, 0.6) is 0 Å². The Hall–Kier alpha value is -0.680. The van der Waals surface area contributed by atoms with Crippen LogP contribution in [-0.4, -0.2) is 18.2 Å². The van der Waals surface area contributed by atoms with Gasteiger partial charge in [0.15, 0.2) is 0 Å². The van der Waals surface area contributed by atoms with Gasteiger partial charge in [0.2, 0.25) is 5.95 Å². The highest BCUT2D eigenvalue weighted by Crippen LogP contribution is 2.19. The van der Waals surface area contributed by atoms with Crippen molar-refractivity contribution in [2.75, 3.05) is 18.9 Å². The van der Waals surface area contributed by atoms with E-state index in [2.05, 4.69) is 20.9 Å². The molecule has 0 atom stereocenters. The van der Waals surface area contributed by atoms with Crippen LogP contribution in [0.4, 0.5) is 10.2 Å². The molecule has 1 rings (SSSR count). The molecular weight excluding hydrogens is 251 g/mol. The zero-order chi connectivity index (χ0) is 10.6. The van der Waals surface area contributed by atoms with Gasteiger partial charge in [-0.15, -0.1) is 0 Å². The summed E-state index contributed by atoms with van der Waals surface area (Å²) in [6.07, 6.45) is 0.644. The fraction of sp³-hybridized carbons (Fsp3) is 0.444. The Morgan fingerprint density at radius 1 is 1.64 bits per heavy atom. The van der Waals surface area contributed by atoms with E-state index in [1.807, 2.05) is 6.92 Å². The highest BCUT2D eigenvalue weighted by Gasteiger charge is 2.07. The first-order valence-electron chi connectivity index (χ1n) is 4.33. The van der Waals surface area contributed by atoms with Crippen molar-refractivity contribution in [2.45, 2.75) is 13.3 Å². The second-order valence-corrected chi connectivity index (χ2v) is 3.61. The Balaban J connectivity index is 2.72. The van der Waals surface area contributed by atoms with Gasteiger partial charge in [0.05, 0.1) is 11.1 Å². The summed E-state index contributed by atoms with van der Waals surface area (Å²) in [6.45, 7) is 3.15. The molecule has 3 nitrogen and oxygen atoms in total. The highest BCUT2D eigenvalue weighted by molar-refractivity contribution is 9.10. The van der Waals surface area contributed by atoms with E-state index in [1.54, 1.807) is 6.07 Å². The lowest BCUT2D eigenvalue weighted by Crippen LogP contribution is -2.04. The van der Waals surface area contributed by atoms with Gasteiger partial charge in [-0.1, -0.05) is 0 Å². The van der Waals surface area contributed by atoms with Gasteiger partial charge in [0.1, 0.15) is 5.82 Å². The molecule has 0 amide bonds. The highest BCUT2D eigenvalue weighted by atomic mass is 79.9. The number of rotatable bonds is 4. The number of nitrogens with zero attached hydrogens (tertiary/aromatic N) is 1. The minimum atomic E-state index is -0.581. The molecule has 0 saturated heterocycles. The Morgan fingerprint density at radius 2 is 2.36 bits per heavy atom. The standard InChI is InChI=1S/C9H12BrFN2O/c1-2-14-4-3-6-5-7(10)8(11)13-9(6)12/h5H,2-4H2,1H3,(H2,12,13). The van der Waals surface area contributed by atoms with E-state index in [-0.39, 0.29) is 5.82 Å². The van der Waals surface area contributed by atoms with Crippen molar-refractivity contribution in [1.29, 1.82) is 0 Å². The molecule has 0 spiro atoms. The van der Waals surface area contributed by atoms with Gasteiger partial charge in [0.25, 0.3) is 0 Å². The van der Waals surface area contributed by atoms with Crippen LogP contribution in [0, 0.1) is 5.95 Å². The smallest absolute Gasteiger partial charge is 0.229 e. The van der Waals surface area contributed by atoms with Crippen molar-refractivity contribution in [3.05, 3.63) is 22.1 Å². The van der Waals surface area contributed by atoms with Crippen LogP contribution in [0.1, 0.15) is 12.5 Å². The first kappa shape index (κ1) is 11.4. The minimum Gasteiger partial charge on any atom is -0.383 e. The molecule has 1 aromatic rings. The van der Waals surface area contributed by atoms with E-state index in [1.165, 1.54) is 0 Å². The SMILES string of the molecule is CCOCCc1cc(Br)c(F)nc1N. The lowest BCUT2D eigenvalue weighted by molar-refractivity contribution is 0.151. The third kappa shape index (κ3) is 2.92. The van der Waals surface area contributed by atoms with Crippen LogP contribution in [0.2, 0.25) is 0 Å². The molecule has 78 valence electrons. The predicted octanol–water partition coefficient (Wildman–Crippen LogP) is 2.14. The maximum absolute atomic E-state index is 12.9. The minimum absolute atomic E-state index is 0.227. The molecular formula is C9H12BrFN2O. The van der Waals surface area contributed by atoms with E-state index in [9.17, 15) is 4.39 Å². The lowest BCUT2D eigenvalue weighted by Gasteiger charge is -2.05. The number of aromatic nitrogens is 1. The van der Waals surface area contributed by atoms with Crippen LogP contribution in [-0.2, 0) is 11.2 Å². The third-order valence-electron chi connectivity index (χ3n) is 1.77. The second kappa shape index (κ2) is 5.26. The van der Waals surface area contributed by atoms with E-state index in [0.717, 1.165) is 5.56 Å². The average Bonchev–Trinajstić information content (AvgIpc) is 2.14. The number of pyridine rings is 1. The van der Waals surface area contributed by atoms with Crippen molar-refractivity contribution in [3.63, 3.8) is 0 Å². The molecule has 5 heteroatoms. The monoisotopic (exact) mass is 262 g/mol.